The average molecular weight is 283 g/mol. The Morgan fingerprint density at radius 1 is 1.42 bits per heavy atom. The summed E-state index contributed by atoms with van der Waals surface area (Å²) in [6, 6.07) is 1.64. The van der Waals surface area contributed by atoms with Crippen LogP contribution in [-0.2, 0) is 4.79 Å². The quantitative estimate of drug-likeness (QED) is 0.832. The molecule has 0 saturated heterocycles. The second kappa shape index (κ2) is 5.33. The van der Waals surface area contributed by atoms with Gasteiger partial charge in [-0.2, -0.15) is 0 Å². The molecule has 1 aromatic heterocycles. The molecule has 1 aliphatic rings. The van der Waals surface area contributed by atoms with Crippen molar-refractivity contribution >= 4 is 23.3 Å². The summed E-state index contributed by atoms with van der Waals surface area (Å²) in [6.45, 7) is 6.00. The SMILES string of the molecule is CC(C)(C)NC(=O)CNc1cc(Cl)nc(C2CC2)n1. The molecular formula is C13H19ClN4O. The number of amides is 1. The zero-order valence-corrected chi connectivity index (χ0v) is 12.2. The van der Waals surface area contributed by atoms with Gasteiger partial charge in [0.15, 0.2) is 0 Å². The van der Waals surface area contributed by atoms with Crippen molar-refractivity contribution < 1.29 is 4.79 Å². The summed E-state index contributed by atoms with van der Waals surface area (Å²) >= 11 is 5.95. The van der Waals surface area contributed by atoms with Crippen molar-refractivity contribution in [2.24, 2.45) is 0 Å². The van der Waals surface area contributed by atoms with E-state index in [2.05, 4.69) is 20.6 Å². The van der Waals surface area contributed by atoms with Crippen LogP contribution in [0.15, 0.2) is 6.07 Å². The van der Waals surface area contributed by atoms with E-state index in [1.807, 2.05) is 20.8 Å². The van der Waals surface area contributed by atoms with E-state index in [4.69, 9.17) is 11.6 Å². The van der Waals surface area contributed by atoms with Crippen molar-refractivity contribution in [2.45, 2.75) is 45.1 Å². The second-order valence-corrected chi connectivity index (χ2v) is 6.25. The number of hydrogen-bond donors (Lipinski definition) is 2. The minimum atomic E-state index is -0.235. The normalized spacial score (nSPS) is 15.2. The van der Waals surface area contributed by atoms with Gasteiger partial charge in [-0.3, -0.25) is 4.79 Å². The number of carbonyl (C=O) groups excluding carboxylic acids is 1. The number of aromatic nitrogens is 2. The first-order chi connectivity index (χ1) is 8.83. The first kappa shape index (κ1) is 14.1. The lowest BCUT2D eigenvalue weighted by molar-refractivity contribution is -0.120. The maximum absolute atomic E-state index is 11.7. The van der Waals surface area contributed by atoms with Crippen LogP contribution in [0.4, 0.5) is 5.82 Å². The van der Waals surface area contributed by atoms with E-state index in [0.29, 0.717) is 16.9 Å². The molecule has 6 heteroatoms. The third-order valence-corrected chi connectivity index (χ3v) is 2.79. The van der Waals surface area contributed by atoms with Crippen LogP contribution in [0.2, 0.25) is 5.15 Å². The lowest BCUT2D eigenvalue weighted by Gasteiger charge is -2.20. The molecule has 2 rings (SSSR count). The summed E-state index contributed by atoms with van der Waals surface area (Å²) in [6.07, 6.45) is 2.23. The number of rotatable bonds is 4. The zero-order chi connectivity index (χ0) is 14.0. The summed E-state index contributed by atoms with van der Waals surface area (Å²) in [5.41, 5.74) is -0.235. The summed E-state index contributed by atoms with van der Waals surface area (Å²) < 4.78 is 0. The molecule has 1 heterocycles. The average Bonchev–Trinajstić information content (AvgIpc) is 3.07. The van der Waals surface area contributed by atoms with Gasteiger partial charge in [-0.15, -0.1) is 0 Å². The van der Waals surface area contributed by atoms with Crippen LogP contribution in [0.3, 0.4) is 0 Å². The Morgan fingerprint density at radius 2 is 2.11 bits per heavy atom. The number of halogens is 1. The second-order valence-electron chi connectivity index (χ2n) is 5.86. The summed E-state index contributed by atoms with van der Waals surface area (Å²) in [4.78, 5) is 20.3. The molecule has 1 fully saturated rings. The maximum atomic E-state index is 11.7. The molecule has 5 nitrogen and oxygen atoms in total. The highest BCUT2D eigenvalue weighted by molar-refractivity contribution is 6.29. The van der Waals surface area contributed by atoms with Gasteiger partial charge < -0.3 is 10.6 Å². The topological polar surface area (TPSA) is 66.9 Å². The fourth-order valence-corrected chi connectivity index (χ4v) is 1.87. The third-order valence-electron chi connectivity index (χ3n) is 2.60. The molecule has 0 spiro atoms. The van der Waals surface area contributed by atoms with Crippen LogP contribution in [0, 0.1) is 0 Å². The predicted octanol–water partition coefficient (Wildman–Crippen LogP) is 2.33. The van der Waals surface area contributed by atoms with Gasteiger partial charge in [-0.05, 0) is 33.6 Å². The molecule has 0 bridgehead atoms. The molecule has 1 aromatic rings. The molecule has 0 atom stereocenters. The third kappa shape index (κ3) is 4.67. The molecule has 19 heavy (non-hydrogen) atoms. The minimum absolute atomic E-state index is 0.0739. The maximum Gasteiger partial charge on any atom is 0.239 e. The minimum Gasteiger partial charge on any atom is -0.361 e. The van der Waals surface area contributed by atoms with E-state index >= 15 is 0 Å². The highest BCUT2D eigenvalue weighted by atomic mass is 35.5. The Kier molecular flexibility index (Phi) is 3.94. The summed E-state index contributed by atoms with van der Waals surface area (Å²) in [7, 11) is 0. The van der Waals surface area contributed by atoms with Crippen LogP contribution in [0.25, 0.3) is 0 Å². The predicted molar refractivity (Wildman–Crippen MR) is 75.4 cm³/mol. The fraction of sp³-hybridized carbons (Fsp3) is 0.615. The van der Waals surface area contributed by atoms with Gasteiger partial charge >= 0.3 is 0 Å². The van der Waals surface area contributed by atoms with Crippen molar-refractivity contribution in [1.29, 1.82) is 0 Å². The van der Waals surface area contributed by atoms with Gasteiger partial charge in [0.05, 0.1) is 6.54 Å². The van der Waals surface area contributed by atoms with E-state index < -0.39 is 0 Å². The molecular weight excluding hydrogens is 264 g/mol. The number of nitrogens with zero attached hydrogens (tertiary/aromatic N) is 2. The van der Waals surface area contributed by atoms with E-state index in [0.717, 1.165) is 18.7 Å². The molecule has 0 aromatic carbocycles. The molecule has 1 amide bonds. The number of hydrogen-bond acceptors (Lipinski definition) is 4. The van der Waals surface area contributed by atoms with Crippen LogP contribution in [0.1, 0.15) is 45.4 Å². The fourth-order valence-electron chi connectivity index (χ4n) is 1.68. The van der Waals surface area contributed by atoms with E-state index in [1.54, 1.807) is 6.07 Å². The van der Waals surface area contributed by atoms with Crippen molar-refractivity contribution in [3.63, 3.8) is 0 Å². The monoisotopic (exact) mass is 282 g/mol. The summed E-state index contributed by atoms with van der Waals surface area (Å²) in [5.74, 6) is 1.73. The Labute approximate surface area is 118 Å². The van der Waals surface area contributed by atoms with Crippen LogP contribution in [0.5, 0.6) is 0 Å². The van der Waals surface area contributed by atoms with Crippen LogP contribution < -0.4 is 10.6 Å². The van der Waals surface area contributed by atoms with Crippen molar-refractivity contribution in [2.75, 3.05) is 11.9 Å². The van der Waals surface area contributed by atoms with Crippen molar-refractivity contribution in [1.82, 2.24) is 15.3 Å². The van der Waals surface area contributed by atoms with Gasteiger partial charge in [0, 0.05) is 17.5 Å². The van der Waals surface area contributed by atoms with Gasteiger partial charge in [0.1, 0.15) is 16.8 Å². The van der Waals surface area contributed by atoms with Crippen molar-refractivity contribution in [3.05, 3.63) is 17.0 Å². The Morgan fingerprint density at radius 3 is 2.68 bits per heavy atom. The van der Waals surface area contributed by atoms with E-state index in [-0.39, 0.29) is 18.0 Å². The van der Waals surface area contributed by atoms with E-state index in [9.17, 15) is 4.79 Å². The zero-order valence-electron chi connectivity index (χ0n) is 11.5. The standard InChI is InChI=1S/C13H19ClN4O/c1-13(2,3)18-11(19)7-15-10-6-9(14)16-12(17-10)8-4-5-8/h6,8H,4-5,7H2,1-3H3,(H,18,19)(H,15,16,17). The lowest BCUT2D eigenvalue weighted by atomic mass is 10.1. The van der Waals surface area contributed by atoms with Gasteiger partial charge in [0.2, 0.25) is 5.91 Å². The highest BCUT2D eigenvalue weighted by Gasteiger charge is 2.27. The van der Waals surface area contributed by atoms with Gasteiger partial charge in [-0.1, -0.05) is 11.6 Å². The molecule has 104 valence electrons. The molecule has 0 aliphatic heterocycles. The molecule has 1 saturated carbocycles. The number of carbonyl (C=O) groups is 1. The van der Waals surface area contributed by atoms with Gasteiger partial charge in [-0.25, -0.2) is 9.97 Å². The molecule has 1 aliphatic carbocycles. The Hall–Kier alpha value is -1.36. The Balaban J connectivity index is 1.94. The van der Waals surface area contributed by atoms with Gasteiger partial charge in [0.25, 0.3) is 0 Å². The number of nitrogens with one attached hydrogen (secondary N) is 2. The molecule has 0 unspecified atom stereocenters. The lowest BCUT2D eigenvalue weighted by Crippen LogP contribution is -2.43. The van der Waals surface area contributed by atoms with Crippen molar-refractivity contribution in [3.8, 4) is 0 Å². The molecule has 0 radical (unpaired) electrons. The Bertz CT molecular complexity index is 480. The highest BCUT2D eigenvalue weighted by Crippen LogP contribution is 2.38. The first-order valence-corrected chi connectivity index (χ1v) is 6.81. The van der Waals surface area contributed by atoms with Crippen LogP contribution >= 0.6 is 11.6 Å². The summed E-state index contributed by atoms with van der Waals surface area (Å²) in [5, 5.41) is 6.27. The number of anilines is 1. The first-order valence-electron chi connectivity index (χ1n) is 6.43. The van der Waals surface area contributed by atoms with E-state index in [1.165, 1.54) is 0 Å². The largest absolute Gasteiger partial charge is 0.361 e. The molecule has 2 N–H and O–H groups in total. The van der Waals surface area contributed by atoms with Crippen LogP contribution in [-0.4, -0.2) is 28.0 Å². The smallest absolute Gasteiger partial charge is 0.239 e.